The van der Waals surface area contributed by atoms with Crippen LogP contribution in [-0.2, 0) is 36.9 Å². The van der Waals surface area contributed by atoms with Crippen molar-refractivity contribution in [1.29, 1.82) is 0 Å². The molecule has 0 spiro atoms. The molecule has 50 heavy (non-hydrogen) atoms. The van der Waals surface area contributed by atoms with Gasteiger partial charge < -0.3 is 23.7 Å². The van der Waals surface area contributed by atoms with Crippen molar-refractivity contribution in [3.8, 4) is 22.5 Å². The lowest BCUT2D eigenvalue weighted by molar-refractivity contribution is -0.790. The van der Waals surface area contributed by atoms with Gasteiger partial charge in [-0.3, -0.25) is 0 Å². The largest absolute Gasteiger partial charge is 0.463 e. The molecule has 0 radical (unpaired) electrons. The van der Waals surface area contributed by atoms with Crippen molar-refractivity contribution in [3.05, 3.63) is 91.0 Å². The number of hydrogen-bond donors (Lipinski definition) is 1. The van der Waals surface area contributed by atoms with Gasteiger partial charge in [0.05, 0.1) is 6.61 Å². The Labute approximate surface area is 290 Å². The van der Waals surface area contributed by atoms with Crippen LogP contribution in [0.5, 0.6) is 0 Å². The van der Waals surface area contributed by atoms with Crippen molar-refractivity contribution < 1.29 is 38.9 Å². The van der Waals surface area contributed by atoms with Gasteiger partial charge in [-0.25, -0.2) is 19.7 Å². The molecule has 2 aromatic carbocycles. The molecule has 0 unspecified atom stereocenters. The number of nitrogens with one attached hydrogen (secondary N) is 1. The molecule has 0 aliphatic rings. The molecule has 18 nitrogen and oxygen atoms in total. The van der Waals surface area contributed by atoms with Gasteiger partial charge in [0.25, 0.3) is 10.2 Å². The minimum atomic E-state index is -1.29. The van der Waals surface area contributed by atoms with Crippen LogP contribution in [0.25, 0.3) is 22.5 Å². The molecule has 0 saturated carbocycles. The summed E-state index contributed by atoms with van der Waals surface area (Å²) in [5.74, 6) is -0.546. The molecule has 0 fully saturated rings. The number of carbonyl (C=O) groups is 2. The van der Waals surface area contributed by atoms with E-state index in [1.807, 2.05) is 55.5 Å². The molecule has 2 atom stereocenters. The van der Waals surface area contributed by atoms with Gasteiger partial charge in [-0.15, -0.1) is 25.3 Å². The number of benzene rings is 2. The summed E-state index contributed by atoms with van der Waals surface area (Å²) in [4.78, 5) is 60.0. The molecule has 19 heteroatoms. The first-order chi connectivity index (χ1) is 24.1. The Bertz CT molecular complexity index is 1750. The van der Waals surface area contributed by atoms with Crippen molar-refractivity contribution >= 4 is 23.5 Å². The van der Waals surface area contributed by atoms with Crippen LogP contribution in [0, 0.1) is 20.2 Å². The summed E-state index contributed by atoms with van der Waals surface area (Å²) in [6.07, 6.45) is 0.349. The average Bonchev–Trinajstić information content (AvgIpc) is 3.74. The van der Waals surface area contributed by atoms with Gasteiger partial charge >= 0.3 is 11.9 Å². The minimum absolute atomic E-state index is 0.00145. The Hall–Kier alpha value is -5.65. The van der Waals surface area contributed by atoms with Crippen LogP contribution in [0.15, 0.2) is 48.5 Å². The minimum Gasteiger partial charge on any atom is -0.463 e. The highest BCUT2D eigenvalue weighted by Crippen LogP contribution is 2.30. The zero-order valence-corrected chi connectivity index (χ0v) is 28.0. The third kappa shape index (κ3) is 10.4. The Morgan fingerprint density at radius 2 is 1.76 bits per heavy atom. The van der Waals surface area contributed by atoms with Crippen LogP contribution in [0.1, 0.15) is 67.8 Å². The van der Waals surface area contributed by atoms with Crippen LogP contribution < -0.4 is 0 Å². The van der Waals surface area contributed by atoms with Crippen LogP contribution in [0.2, 0.25) is 5.15 Å². The number of carbonyl (C=O) groups excluding carboxylic acids is 2. The maximum absolute atomic E-state index is 13.4. The van der Waals surface area contributed by atoms with Crippen LogP contribution in [0.4, 0.5) is 0 Å². The van der Waals surface area contributed by atoms with E-state index in [9.17, 15) is 29.8 Å². The molecule has 0 aliphatic heterocycles. The van der Waals surface area contributed by atoms with E-state index in [0.29, 0.717) is 18.1 Å². The van der Waals surface area contributed by atoms with Crippen molar-refractivity contribution in [1.82, 2.24) is 30.2 Å². The number of esters is 2. The lowest BCUT2D eigenvalue weighted by atomic mass is 9.98. The van der Waals surface area contributed by atoms with Gasteiger partial charge in [0, 0.05) is 18.5 Å². The maximum Gasteiger partial charge on any atom is 0.359 e. The van der Waals surface area contributed by atoms with Crippen molar-refractivity contribution in [2.75, 3.05) is 13.2 Å². The SMILES string of the molecule is CCCCc1nc(Cl)c(C(=O)O[C@@H](C)C(=O)OCCCC[C@H](CO[N+](=O)[O-])O[N+](=O)[O-])n1Cc1ccc(-c2ccccc2-c2nnn[nH]2)cc1. The predicted molar refractivity (Wildman–Crippen MR) is 175 cm³/mol. The second-order valence-electron chi connectivity index (χ2n) is 11.0. The predicted octanol–water partition coefficient (Wildman–Crippen LogP) is 4.82. The second-order valence-corrected chi connectivity index (χ2v) is 11.4. The third-order valence-electron chi connectivity index (χ3n) is 7.47. The van der Waals surface area contributed by atoms with E-state index >= 15 is 0 Å². The van der Waals surface area contributed by atoms with Gasteiger partial charge in [0.2, 0.25) is 0 Å². The molecule has 0 bridgehead atoms. The number of tetrazole rings is 1. The van der Waals surface area contributed by atoms with Gasteiger partial charge in [-0.05, 0) is 59.7 Å². The van der Waals surface area contributed by atoms with E-state index in [4.69, 9.17) is 21.1 Å². The zero-order valence-electron chi connectivity index (χ0n) is 27.2. The first kappa shape index (κ1) is 37.2. The fraction of sp³-hybridized carbons (Fsp3) is 0.419. The van der Waals surface area contributed by atoms with Crippen molar-refractivity contribution in [2.45, 2.75) is 71.1 Å². The van der Waals surface area contributed by atoms with Crippen LogP contribution in [0.3, 0.4) is 0 Å². The molecule has 0 saturated heterocycles. The number of hydrogen-bond acceptors (Lipinski definition) is 14. The molecule has 2 heterocycles. The fourth-order valence-corrected chi connectivity index (χ4v) is 5.28. The maximum atomic E-state index is 13.4. The summed E-state index contributed by atoms with van der Waals surface area (Å²) in [6, 6.07) is 15.5. The third-order valence-corrected chi connectivity index (χ3v) is 7.73. The van der Waals surface area contributed by atoms with E-state index in [2.05, 4.69) is 35.3 Å². The zero-order chi connectivity index (χ0) is 36.0. The molecule has 2 aromatic heterocycles. The Kier molecular flexibility index (Phi) is 13.5. The smallest absolute Gasteiger partial charge is 0.359 e. The molecular formula is C31H35ClN8O10. The molecule has 1 N–H and O–H groups in total. The van der Waals surface area contributed by atoms with Crippen molar-refractivity contribution in [3.63, 3.8) is 0 Å². The van der Waals surface area contributed by atoms with E-state index in [0.717, 1.165) is 35.1 Å². The number of ether oxygens (including phenoxy) is 2. The molecular weight excluding hydrogens is 680 g/mol. The Balaban J connectivity index is 1.39. The van der Waals surface area contributed by atoms with Gasteiger partial charge in [-0.1, -0.05) is 73.5 Å². The number of rotatable bonds is 20. The summed E-state index contributed by atoms with van der Waals surface area (Å²) in [5.41, 5.74) is 3.54. The topological polar surface area (TPSA) is 230 Å². The normalized spacial score (nSPS) is 12.1. The lowest BCUT2D eigenvalue weighted by Crippen LogP contribution is -2.28. The Morgan fingerprint density at radius 3 is 2.42 bits per heavy atom. The summed E-state index contributed by atoms with van der Waals surface area (Å²) in [6.45, 7) is 2.92. The molecule has 4 rings (SSSR count). The number of halogens is 1. The van der Waals surface area contributed by atoms with Crippen molar-refractivity contribution in [2.24, 2.45) is 0 Å². The molecule has 266 valence electrons. The summed E-state index contributed by atoms with van der Waals surface area (Å²) >= 11 is 6.47. The Morgan fingerprint density at radius 1 is 1.02 bits per heavy atom. The second kappa shape index (κ2) is 18.2. The van der Waals surface area contributed by atoms with Gasteiger partial charge in [-0.2, -0.15) is 0 Å². The number of aryl methyl sites for hydroxylation is 1. The molecule has 4 aromatic rings. The van der Waals surface area contributed by atoms with Gasteiger partial charge in [0.1, 0.15) is 18.5 Å². The number of unbranched alkanes of at least 4 members (excludes halogenated alkanes) is 2. The van der Waals surface area contributed by atoms with Crippen LogP contribution >= 0.6 is 11.6 Å². The standard InChI is InChI=1S/C31H35ClN8O10/c1-3-4-12-26-33-28(32)27(31(42)49-20(2)30(41)47-17-8-7-9-23(50-40(45)46)19-48-39(43)44)38(26)18-21-13-15-22(16-14-21)24-10-5-6-11-25(24)29-34-36-37-35-29/h5-6,10-11,13-16,20,23H,3-4,7-9,12,17-19H2,1-2H3,(H,34,35,36,37)/t20-,23+/m0/s1. The number of nitrogens with zero attached hydrogens (tertiary/aromatic N) is 7. The number of H-pyrrole nitrogens is 1. The average molecular weight is 715 g/mol. The molecule has 0 amide bonds. The summed E-state index contributed by atoms with van der Waals surface area (Å²) in [7, 11) is 0. The monoisotopic (exact) mass is 714 g/mol. The number of aromatic amines is 1. The first-order valence-electron chi connectivity index (χ1n) is 15.7. The van der Waals surface area contributed by atoms with Gasteiger partial charge in [0.15, 0.2) is 22.8 Å². The summed E-state index contributed by atoms with van der Waals surface area (Å²) < 4.78 is 12.3. The highest BCUT2D eigenvalue weighted by Gasteiger charge is 2.28. The fourth-order valence-electron chi connectivity index (χ4n) is 5.01. The number of aromatic nitrogens is 6. The summed E-state index contributed by atoms with van der Waals surface area (Å²) in [5, 5.41) is 33.0. The number of imidazole rings is 1. The van der Waals surface area contributed by atoms with E-state index in [-0.39, 0.29) is 43.3 Å². The van der Waals surface area contributed by atoms with E-state index < -0.39 is 40.9 Å². The first-order valence-corrected chi connectivity index (χ1v) is 16.1. The van der Waals surface area contributed by atoms with Crippen LogP contribution in [-0.4, -0.2) is 77.7 Å². The quantitative estimate of drug-likeness (QED) is 0.0560. The highest BCUT2D eigenvalue weighted by atomic mass is 35.5. The molecule has 0 aliphatic carbocycles. The lowest BCUT2D eigenvalue weighted by Gasteiger charge is -2.16. The van der Waals surface area contributed by atoms with E-state index in [1.165, 1.54) is 6.92 Å². The van der Waals surface area contributed by atoms with E-state index in [1.54, 1.807) is 4.57 Å². The highest BCUT2D eigenvalue weighted by molar-refractivity contribution is 6.32.